The SMILES string of the molecule is CCCC(C)NC(=O)C(c1cccc(C)c1C)N(CC#N)C(=O)C(CC(N)=O)NC(=O)OC(C)(C)C. The van der Waals surface area contributed by atoms with Gasteiger partial charge in [-0.15, -0.1) is 0 Å². The summed E-state index contributed by atoms with van der Waals surface area (Å²) < 4.78 is 5.23. The first-order chi connectivity index (χ1) is 16.7. The highest BCUT2D eigenvalue weighted by atomic mass is 16.6. The molecule has 10 heteroatoms. The molecule has 3 atom stereocenters. The van der Waals surface area contributed by atoms with Gasteiger partial charge < -0.3 is 26.0 Å². The minimum Gasteiger partial charge on any atom is -0.444 e. The number of hydrogen-bond donors (Lipinski definition) is 3. The lowest BCUT2D eigenvalue weighted by molar-refractivity contribution is -0.142. The number of nitrogens with one attached hydrogen (secondary N) is 2. The van der Waals surface area contributed by atoms with Gasteiger partial charge in [-0.25, -0.2) is 4.79 Å². The number of carbonyl (C=O) groups is 4. The Morgan fingerprint density at radius 3 is 2.33 bits per heavy atom. The quantitative estimate of drug-likeness (QED) is 0.396. The van der Waals surface area contributed by atoms with Crippen molar-refractivity contribution in [3.63, 3.8) is 0 Å². The fourth-order valence-electron chi connectivity index (χ4n) is 3.77. The van der Waals surface area contributed by atoms with Crippen molar-refractivity contribution in [2.45, 2.75) is 91.5 Å². The third kappa shape index (κ3) is 9.21. The monoisotopic (exact) mass is 501 g/mol. The molecule has 0 aromatic heterocycles. The Kier molecular flexibility index (Phi) is 11.4. The Morgan fingerprint density at radius 1 is 1.17 bits per heavy atom. The number of nitrogens with zero attached hydrogens (tertiary/aromatic N) is 2. The summed E-state index contributed by atoms with van der Waals surface area (Å²) in [4.78, 5) is 52.5. The average molecular weight is 502 g/mol. The van der Waals surface area contributed by atoms with Crippen molar-refractivity contribution in [1.82, 2.24) is 15.5 Å². The molecule has 3 unspecified atom stereocenters. The number of amides is 4. The smallest absolute Gasteiger partial charge is 0.408 e. The number of carbonyl (C=O) groups excluding carboxylic acids is 4. The van der Waals surface area contributed by atoms with Gasteiger partial charge in [0.2, 0.25) is 17.7 Å². The molecule has 0 bridgehead atoms. The third-order valence-electron chi connectivity index (χ3n) is 5.53. The molecule has 0 saturated heterocycles. The highest BCUT2D eigenvalue weighted by Gasteiger charge is 2.38. The number of rotatable bonds is 11. The van der Waals surface area contributed by atoms with Crippen LogP contribution in [0.4, 0.5) is 4.79 Å². The third-order valence-corrected chi connectivity index (χ3v) is 5.53. The molecule has 0 fully saturated rings. The molecule has 0 aliphatic rings. The molecule has 36 heavy (non-hydrogen) atoms. The predicted molar refractivity (Wildman–Crippen MR) is 135 cm³/mol. The lowest BCUT2D eigenvalue weighted by Gasteiger charge is -2.34. The van der Waals surface area contributed by atoms with Crippen molar-refractivity contribution >= 4 is 23.8 Å². The summed E-state index contributed by atoms with van der Waals surface area (Å²) in [6, 6.07) is 4.52. The first kappa shape index (κ1) is 30.4. The van der Waals surface area contributed by atoms with Gasteiger partial charge in [-0.05, 0) is 64.7 Å². The van der Waals surface area contributed by atoms with Crippen LogP contribution in [0, 0.1) is 25.2 Å². The fraction of sp³-hybridized carbons (Fsp3) is 0.577. The van der Waals surface area contributed by atoms with Crippen molar-refractivity contribution in [3.05, 3.63) is 34.9 Å². The second kappa shape index (κ2) is 13.5. The maximum atomic E-state index is 13.7. The molecule has 0 aliphatic heterocycles. The molecule has 0 aliphatic carbocycles. The maximum absolute atomic E-state index is 13.7. The van der Waals surface area contributed by atoms with Gasteiger partial charge in [-0.1, -0.05) is 31.5 Å². The molecule has 0 radical (unpaired) electrons. The largest absolute Gasteiger partial charge is 0.444 e. The Hall–Kier alpha value is -3.61. The molecule has 4 amide bonds. The molecular formula is C26H39N5O5. The van der Waals surface area contributed by atoms with Crippen LogP contribution in [0.25, 0.3) is 0 Å². The molecule has 1 aromatic rings. The highest BCUT2D eigenvalue weighted by Crippen LogP contribution is 2.27. The van der Waals surface area contributed by atoms with Crippen LogP contribution >= 0.6 is 0 Å². The maximum Gasteiger partial charge on any atom is 0.408 e. The van der Waals surface area contributed by atoms with Gasteiger partial charge in [0, 0.05) is 6.04 Å². The van der Waals surface area contributed by atoms with Crippen LogP contribution in [0.15, 0.2) is 18.2 Å². The van der Waals surface area contributed by atoms with Crippen molar-refractivity contribution in [1.29, 1.82) is 5.26 Å². The van der Waals surface area contributed by atoms with E-state index >= 15 is 0 Å². The van der Waals surface area contributed by atoms with Crippen LogP contribution in [-0.2, 0) is 19.1 Å². The van der Waals surface area contributed by atoms with E-state index in [0.29, 0.717) is 5.56 Å². The Balaban J connectivity index is 3.54. The van der Waals surface area contributed by atoms with Crippen molar-refractivity contribution in [2.75, 3.05) is 6.54 Å². The number of nitriles is 1. The van der Waals surface area contributed by atoms with E-state index in [4.69, 9.17) is 10.5 Å². The summed E-state index contributed by atoms with van der Waals surface area (Å²) in [7, 11) is 0. The lowest BCUT2D eigenvalue weighted by atomic mass is 9.94. The van der Waals surface area contributed by atoms with Crippen LogP contribution in [-0.4, -0.2) is 52.9 Å². The first-order valence-corrected chi connectivity index (χ1v) is 12.0. The van der Waals surface area contributed by atoms with E-state index in [1.54, 1.807) is 32.9 Å². The van der Waals surface area contributed by atoms with Crippen molar-refractivity contribution in [3.8, 4) is 6.07 Å². The second-order valence-corrected chi connectivity index (χ2v) is 9.88. The van der Waals surface area contributed by atoms with Crippen LogP contribution in [0.3, 0.4) is 0 Å². The molecule has 10 nitrogen and oxygen atoms in total. The van der Waals surface area contributed by atoms with Gasteiger partial charge in [0.05, 0.1) is 12.5 Å². The van der Waals surface area contributed by atoms with Gasteiger partial charge >= 0.3 is 6.09 Å². The molecule has 4 N–H and O–H groups in total. The predicted octanol–water partition coefficient (Wildman–Crippen LogP) is 2.77. The van der Waals surface area contributed by atoms with E-state index in [1.807, 2.05) is 39.8 Å². The van der Waals surface area contributed by atoms with Gasteiger partial charge in [0.1, 0.15) is 24.2 Å². The Bertz CT molecular complexity index is 995. The molecule has 198 valence electrons. The lowest BCUT2D eigenvalue weighted by Crippen LogP contribution is -2.54. The fourth-order valence-corrected chi connectivity index (χ4v) is 3.77. The van der Waals surface area contributed by atoms with E-state index in [9.17, 15) is 24.4 Å². The number of aryl methyl sites for hydroxylation is 1. The minimum absolute atomic E-state index is 0.171. The molecule has 0 heterocycles. The van der Waals surface area contributed by atoms with Crippen molar-refractivity contribution in [2.24, 2.45) is 5.73 Å². The zero-order valence-corrected chi connectivity index (χ0v) is 22.3. The van der Waals surface area contributed by atoms with Crippen LogP contribution in [0.1, 0.15) is 76.6 Å². The topological polar surface area (TPSA) is 155 Å². The number of nitrogens with two attached hydrogens (primary N) is 1. The molecule has 1 rings (SSSR count). The number of hydrogen-bond acceptors (Lipinski definition) is 6. The first-order valence-electron chi connectivity index (χ1n) is 12.0. The summed E-state index contributed by atoms with van der Waals surface area (Å²) in [6.45, 7) is 12.1. The second-order valence-electron chi connectivity index (χ2n) is 9.88. The van der Waals surface area contributed by atoms with Crippen LogP contribution in [0.5, 0.6) is 0 Å². The Morgan fingerprint density at radius 2 is 1.81 bits per heavy atom. The number of ether oxygens (including phenoxy) is 1. The molecule has 1 aromatic carbocycles. The van der Waals surface area contributed by atoms with Crippen LogP contribution < -0.4 is 16.4 Å². The number of benzene rings is 1. The van der Waals surface area contributed by atoms with Gasteiger partial charge in [-0.2, -0.15) is 5.26 Å². The summed E-state index contributed by atoms with van der Waals surface area (Å²) in [5.74, 6) is -2.11. The normalized spacial score (nSPS) is 13.5. The van der Waals surface area contributed by atoms with Gasteiger partial charge in [-0.3, -0.25) is 14.4 Å². The van der Waals surface area contributed by atoms with Crippen molar-refractivity contribution < 1.29 is 23.9 Å². The summed E-state index contributed by atoms with van der Waals surface area (Å²) in [5, 5.41) is 14.9. The number of primary amides is 1. The minimum atomic E-state index is -1.43. The summed E-state index contributed by atoms with van der Waals surface area (Å²) in [5.41, 5.74) is 6.72. The van der Waals surface area contributed by atoms with E-state index < -0.39 is 54.5 Å². The number of alkyl carbamates (subject to hydrolysis) is 1. The van der Waals surface area contributed by atoms with E-state index in [0.717, 1.165) is 28.9 Å². The molecule has 0 spiro atoms. The van der Waals surface area contributed by atoms with E-state index in [-0.39, 0.29) is 6.04 Å². The standard InChI is InChI=1S/C26H39N5O5/c1-8-10-17(3)29-23(33)22(19-12-9-11-16(2)18(19)4)31(14-13-27)24(34)20(15-21(28)32)30-25(35)36-26(5,6)7/h9,11-12,17,20,22H,8,10,14-15H2,1-7H3,(H2,28,32)(H,29,33)(H,30,35). The van der Waals surface area contributed by atoms with Crippen LogP contribution in [0.2, 0.25) is 0 Å². The van der Waals surface area contributed by atoms with Gasteiger partial charge in [0.25, 0.3) is 0 Å². The molecule has 0 saturated carbocycles. The van der Waals surface area contributed by atoms with E-state index in [1.165, 1.54) is 0 Å². The van der Waals surface area contributed by atoms with E-state index in [2.05, 4.69) is 10.6 Å². The molecular weight excluding hydrogens is 462 g/mol. The summed E-state index contributed by atoms with van der Waals surface area (Å²) >= 11 is 0. The Labute approximate surface area is 213 Å². The average Bonchev–Trinajstić information content (AvgIpc) is 2.73. The van der Waals surface area contributed by atoms with Gasteiger partial charge in [0.15, 0.2) is 0 Å². The zero-order valence-electron chi connectivity index (χ0n) is 22.3. The summed E-state index contributed by atoms with van der Waals surface area (Å²) in [6.07, 6.45) is 0.106. The zero-order chi connectivity index (χ0) is 27.6. The highest BCUT2D eigenvalue weighted by molar-refractivity contribution is 5.94.